The van der Waals surface area contributed by atoms with Crippen molar-refractivity contribution in [2.45, 2.75) is 13.1 Å². The Bertz CT molecular complexity index is 484. The van der Waals surface area contributed by atoms with Gasteiger partial charge in [-0.15, -0.1) is 0 Å². The lowest BCUT2D eigenvalue weighted by molar-refractivity contribution is -0.137. The maximum atomic E-state index is 12.3. The van der Waals surface area contributed by atoms with E-state index in [0.29, 0.717) is 0 Å². The summed E-state index contributed by atoms with van der Waals surface area (Å²) in [4.78, 5) is 11.5. The lowest BCUT2D eigenvalue weighted by Crippen LogP contribution is -2.36. The Kier molecular flexibility index (Phi) is 4.95. The van der Waals surface area contributed by atoms with E-state index in [1.807, 2.05) is 0 Å². The number of halogens is 3. The molecule has 5 N–H and O–H groups in total. The van der Waals surface area contributed by atoms with E-state index in [4.69, 9.17) is 11.1 Å². The summed E-state index contributed by atoms with van der Waals surface area (Å²) in [6.07, 6.45) is -4.41. The molecule has 110 valence electrons. The van der Waals surface area contributed by atoms with Gasteiger partial charge in [0.15, 0.2) is 0 Å². The predicted octanol–water partition coefficient (Wildman–Crippen LogP) is 2.40. The molecule has 0 aliphatic carbocycles. The van der Waals surface area contributed by atoms with Crippen molar-refractivity contribution >= 4 is 17.6 Å². The van der Waals surface area contributed by atoms with Gasteiger partial charge >= 0.3 is 12.2 Å². The molecule has 0 aliphatic heterocycles. The second kappa shape index (κ2) is 6.27. The van der Waals surface area contributed by atoms with Crippen LogP contribution in [0.3, 0.4) is 0 Å². The van der Waals surface area contributed by atoms with Crippen LogP contribution < -0.4 is 16.4 Å². The van der Waals surface area contributed by atoms with Crippen LogP contribution in [0.2, 0.25) is 0 Å². The second-order valence-corrected chi connectivity index (χ2v) is 4.27. The minimum absolute atomic E-state index is 0.0557. The SMILES string of the molecule is CC(CNC(=O)Nc1ccc(C(F)(F)F)cc1)C(=N)N. The van der Waals surface area contributed by atoms with Crippen LogP contribution >= 0.6 is 0 Å². The molecule has 0 saturated heterocycles. The Morgan fingerprint density at radius 1 is 1.35 bits per heavy atom. The first-order valence-electron chi connectivity index (χ1n) is 5.76. The topological polar surface area (TPSA) is 91.0 Å². The molecule has 1 atom stereocenters. The number of urea groups is 1. The quantitative estimate of drug-likeness (QED) is 0.506. The average Bonchev–Trinajstić information content (AvgIpc) is 2.35. The van der Waals surface area contributed by atoms with Crippen LogP contribution in [0.1, 0.15) is 12.5 Å². The first kappa shape index (κ1) is 15.8. The molecule has 8 heteroatoms. The number of hydrogen-bond donors (Lipinski definition) is 4. The number of rotatable bonds is 4. The zero-order valence-corrected chi connectivity index (χ0v) is 10.7. The van der Waals surface area contributed by atoms with E-state index in [9.17, 15) is 18.0 Å². The zero-order valence-electron chi connectivity index (χ0n) is 10.7. The molecule has 1 aromatic carbocycles. The highest BCUT2D eigenvalue weighted by atomic mass is 19.4. The molecule has 0 bridgehead atoms. The van der Waals surface area contributed by atoms with Gasteiger partial charge in [0.1, 0.15) is 0 Å². The fraction of sp³-hybridized carbons (Fsp3) is 0.333. The van der Waals surface area contributed by atoms with Gasteiger partial charge in [0.25, 0.3) is 0 Å². The van der Waals surface area contributed by atoms with E-state index in [0.717, 1.165) is 24.3 Å². The molecular weight excluding hydrogens is 273 g/mol. The monoisotopic (exact) mass is 288 g/mol. The predicted molar refractivity (Wildman–Crippen MR) is 69.5 cm³/mol. The maximum absolute atomic E-state index is 12.3. The summed E-state index contributed by atoms with van der Waals surface area (Å²) in [6.45, 7) is 1.84. The summed E-state index contributed by atoms with van der Waals surface area (Å²) in [7, 11) is 0. The number of carbonyl (C=O) groups excluding carboxylic acids is 1. The van der Waals surface area contributed by atoms with Gasteiger partial charge < -0.3 is 16.4 Å². The van der Waals surface area contributed by atoms with Crippen molar-refractivity contribution in [1.29, 1.82) is 5.41 Å². The second-order valence-electron chi connectivity index (χ2n) is 4.27. The van der Waals surface area contributed by atoms with Crippen molar-refractivity contribution in [3.05, 3.63) is 29.8 Å². The Morgan fingerprint density at radius 3 is 2.35 bits per heavy atom. The summed E-state index contributed by atoms with van der Waals surface area (Å²) >= 11 is 0. The van der Waals surface area contributed by atoms with Crippen LogP contribution in [0.5, 0.6) is 0 Å². The van der Waals surface area contributed by atoms with Crippen molar-refractivity contribution in [1.82, 2.24) is 5.32 Å². The first-order chi connectivity index (χ1) is 9.20. The van der Waals surface area contributed by atoms with Crippen molar-refractivity contribution in [2.24, 2.45) is 11.7 Å². The van der Waals surface area contributed by atoms with Gasteiger partial charge in [-0.1, -0.05) is 6.92 Å². The van der Waals surface area contributed by atoms with Gasteiger partial charge in [-0.05, 0) is 24.3 Å². The normalized spacial score (nSPS) is 12.6. The van der Waals surface area contributed by atoms with Crippen LogP contribution in [-0.2, 0) is 6.18 Å². The van der Waals surface area contributed by atoms with Gasteiger partial charge in [-0.3, -0.25) is 5.41 Å². The first-order valence-corrected chi connectivity index (χ1v) is 5.76. The molecule has 0 aliphatic rings. The molecule has 5 nitrogen and oxygen atoms in total. The fourth-order valence-corrected chi connectivity index (χ4v) is 1.27. The summed E-state index contributed by atoms with van der Waals surface area (Å²) < 4.78 is 37.0. The standard InChI is InChI=1S/C12H15F3N4O/c1-7(10(16)17)6-18-11(20)19-9-4-2-8(3-5-9)12(13,14)15/h2-5,7H,6H2,1H3,(H3,16,17)(H2,18,19,20). The number of carbonyl (C=O) groups is 1. The number of amides is 2. The van der Waals surface area contributed by atoms with Crippen molar-refractivity contribution < 1.29 is 18.0 Å². The maximum Gasteiger partial charge on any atom is 0.416 e. The van der Waals surface area contributed by atoms with E-state index >= 15 is 0 Å². The molecule has 0 spiro atoms. The van der Waals surface area contributed by atoms with Gasteiger partial charge in [-0.25, -0.2) is 4.79 Å². The van der Waals surface area contributed by atoms with Gasteiger partial charge in [0.05, 0.1) is 11.4 Å². The average molecular weight is 288 g/mol. The minimum Gasteiger partial charge on any atom is -0.387 e. The largest absolute Gasteiger partial charge is 0.416 e. The van der Waals surface area contributed by atoms with Crippen LogP contribution in [0, 0.1) is 11.3 Å². The van der Waals surface area contributed by atoms with E-state index < -0.39 is 17.8 Å². The van der Waals surface area contributed by atoms with Crippen molar-refractivity contribution in [2.75, 3.05) is 11.9 Å². The summed E-state index contributed by atoms with van der Waals surface area (Å²) in [5.41, 5.74) is 4.70. The smallest absolute Gasteiger partial charge is 0.387 e. The highest BCUT2D eigenvalue weighted by Crippen LogP contribution is 2.29. The van der Waals surface area contributed by atoms with Crippen LogP contribution in [0.4, 0.5) is 23.7 Å². The zero-order chi connectivity index (χ0) is 15.3. The Balaban J connectivity index is 2.53. The highest BCUT2D eigenvalue weighted by molar-refractivity contribution is 5.89. The number of benzene rings is 1. The van der Waals surface area contributed by atoms with Crippen molar-refractivity contribution in [3.8, 4) is 0 Å². The third-order valence-corrected chi connectivity index (χ3v) is 2.57. The van der Waals surface area contributed by atoms with Crippen LogP contribution in [0.25, 0.3) is 0 Å². The molecule has 0 heterocycles. The molecule has 1 unspecified atom stereocenters. The van der Waals surface area contributed by atoms with E-state index in [1.165, 1.54) is 0 Å². The molecule has 2 amide bonds. The van der Waals surface area contributed by atoms with Crippen LogP contribution in [-0.4, -0.2) is 18.4 Å². The van der Waals surface area contributed by atoms with Crippen molar-refractivity contribution in [3.63, 3.8) is 0 Å². The van der Waals surface area contributed by atoms with E-state index in [2.05, 4.69) is 10.6 Å². The minimum atomic E-state index is -4.41. The number of hydrogen-bond acceptors (Lipinski definition) is 2. The summed E-state index contributed by atoms with van der Waals surface area (Å²) in [6, 6.07) is 3.52. The number of alkyl halides is 3. The molecule has 0 fully saturated rings. The highest BCUT2D eigenvalue weighted by Gasteiger charge is 2.29. The fourth-order valence-electron chi connectivity index (χ4n) is 1.27. The molecule has 1 rings (SSSR count). The Morgan fingerprint density at radius 2 is 1.90 bits per heavy atom. The van der Waals surface area contributed by atoms with Gasteiger partial charge in [0, 0.05) is 18.2 Å². The van der Waals surface area contributed by atoms with Crippen LogP contribution in [0.15, 0.2) is 24.3 Å². The third-order valence-electron chi connectivity index (χ3n) is 2.57. The molecule has 0 aromatic heterocycles. The third kappa shape index (κ3) is 4.79. The number of amidine groups is 1. The molecule has 20 heavy (non-hydrogen) atoms. The Hall–Kier alpha value is -2.25. The molecule has 1 aromatic rings. The van der Waals surface area contributed by atoms with E-state index in [1.54, 1.807) is 6.92 Å². The number of anilines is 1. The lowest BCUT2D eigenvalue weighted by atomic mass is 10.1. The lowest BCUT2D eigenvalue weighted by Gasteiger charge is -2.12. The number of nitrogens with one attached hydrogen (secondary N) is 3. The molecular formula is C12H15F3N4O. The van der Waals surface area contributed by atoms with Gasteiger partial charge in [0.2, 0.25) is 0 Å². The van der Waals surface area contributed by atoms with E-state index in [-0.39, 0.29) is 24.0 Å². The molecule has 0 radical (unpaired) electrons. The number of nitrogens with two attached hydrogens (primary N) is 1. The van der Waals surface area contributed by atoms with Gasteiger partial charge in [-0.2, -0.15) is 13.2 Å². The summed E-state index contributed by atoms with van der Waals surface area (Å²) in [5, 5.41) is 12.0. The molecule has 0 saturated carbocycles. The Labute approximate surface area is 113 Å². The summed E-state index contributed by atoms with van der Waals surface area (Å²) in [5.74, 6) is -0.367.